The first-order chi connectivity index (χ1) is 10.6. The number of amides is 1. The van der Waals surface area contributed by atoms with E-state index >= 15 is 0 Å². The van der Waals surface area contributed by atoms with Crippen LogP contribution >= 0.6 is 0 Å². The summed E-state index contributed by atoms with van der Waals surface area (Å²) in [6, 6.07) is 1.90. The second-order valence-corrected chi connectivity index (χ2v) is 6.40. The number of rotatable bonds is 3. The lowest BCUT2D eigenvalue weighted by Crippen LogP contribution is -2.53. The number of hydrogen-bond acceptors (Lipinski definition) is 4. The van der Waals surface area contributed by atoms with E-state index < -0.39 is 0 Å². The minimum Gasteiger partial charge on any atom is -0.394 e. The summed E-state index contributed by atoms with van der Waals surface area (Å²) in [4.78, 5) is 19.4. The van der Waals surface area contributed by atoms with E-state index in [4.69, 9.17) is 4.98 Å². The molecule has 4 rings (SSSR count). The molecular formula is C16H20N4O2. The van der Waals surface area contributed by atoms with Crippen LogP contribution in [-0.2, 0) is 7.05 Å². The zero-order valence-corrected chi connectivity index (χ0v) is 12.9. The molecule has 6 nitrogen and oxygen atoms in total. The number of aliphatic hydroxyl groups is 1. The summed E-state index contributed by atoms with van der Waals surface area (Å²) in [5.74, 6) is 0.479. The second-order valence-electron chi connectivity index (χ2n) is 6.40. The fourth-order valence-electron chi connectivity index (χ4n) is 3.27. The largest absolute Gasteiger partial charge is 0.394 e. The van der Waals surface area contributed by atoms with Crippen LogP contribution in [0.4, 0.5) is 0 Å². The van der Waals surface area contributed by atoms with Gasteiger partial charge in [-0.25, -0.2) is 4.98 Å². The summed E-state index contributed by atoms with van der Waals surface area (Å²) in [6.45, 7) is 2.66. The van der Waals surface area contributed by atoms with Crippen LogP contribution < -0.4 is 0 Å². The minimum atomic E-state index is -0.0444. The van der Waals surface area contributed by atoms with Crippen LogP contribution in [0.1, 0.15) is 46.9 Å². The molecule has 2 aromatic rings. The second kappa shape index (κ2) is 4.78. The van der Waals surface area contributed by atoms with Gasteiger partial charge in [0.25, 0.3) is 5.91 Å². The number of fused-ring (bicyclic) bond motifs is 1. The molecule has 0 radical (unpaired) electrons. The molecule has 6 heteroatoms. The van der Waals surface area contributed by atoms with Gasteiger partial charge in [0.05, 0.1) is 29.3 Å². The Morgan fingerprint density at radius 1 is 1.41 bits per heavy atom. The molecule has 1 saturated carbocycles. The molecule has 1 amide bonds. The van der Waals surface area contributed by atoms with Gasteiger partial charge in [-0.05, 0) is 32.3 Å². The maximum absolute atomic E-state index is 12.9. The zero-order chi connectivity index (χ0) is 15.4. The van der Waals surface area contributed by atoms with E-state index in [0.29, 0.717) is 18.0 Å². The van der Waals surface area contributed by atoms with Gasteiger partial charge in [-0.2, -0.15) is 5.10 Å². The Hall–Kier alpha value is -1.95. The minimum absolute atomic E-state index is 0.00398. The lowest BCUT2D eigenvalue weighted by Gasteiger charge is -2.40. The molecule has 2 aromatic heterocycles. The van der Waals surface area contributed by atoms with Crippen molar-refractivity contribution in [1.82, 2.24) is 19.7 Å². The standard InChI is InChI=1S/C16H20N4O2/c1-9-14-12(16(22)20-6-5-11(20)8-21)7-13(10-3-4-10)17-15(14)19(2)18-9/h7,10-11,21H,3-6,8H2,1-2H3. The highest BCUT2D eigenvalue weighted by molar-refractivity contribution is 6.07. The van der Waals surface area contributed by atoms with Gasteiger partial charge < -0.3 is 10.0 Å². The van der Waals surface area contributed by atoms with Gasteiger partial charge in [-0.3, -0.25) is 9.48 Å². The quantitative estimate of drug-likeness (QED) is 0.929. The number of aliphatic hydroxyl groups excluding tert-OH is 1. The van der Waals surface area contributed by atoms with E-state index in [1.54, 1.807) is 9.58 Å². The lowest BCUT2D eigenvalue weighted by atomic mass is 10.00. The average Bonchev–Trinajstić information content (AvgIpc) is 3.25. The van der Waals surface area contributed by atoms with Crippen molar-refractivity contribution >= 4 is 16.9 Å². The number of carbonyl (C=O) groups excluding carboxylic acids is 1. The molecule has 1 aliphatic heterocycles. The predicted molar refractivity (Wildman–Crippen MR) is 81.7 cm³/mol. The van der Waals surface area contributed by atoms with Gasteiger partial charge in [0.1, 0.15) is 0 Å². The molecule has 1 N–H and O–H groups in total. The Kier molecular flexibility index (Phi) is 2.97. The maximum atomic E-state index is 12.9. The van der Waals surface area contributed by atoms with Crippen molar-refractivity contribution < 1.29 is 9.90 Å². The molecule has 1 unspecified atom stereocenters. The van der Waals surface area contributed by atoms with Crippen LogP contribution in [0.2, 0.25) is 0 Å². The van der Waals surface area contributed by atoms with E-state index in [1.807, 2.05) is 20.0 Å². The van der Waals surface area contributed by atoms with Gasteiger partial charge in [0.2, 0.25) is 0 Å². The van der Waals surface area contributed by atoms with Crippen molar-refractivity contribution in [3.8, 4) is 0 Å². The van der Waals surface area contributed by atoms with Crippen LogP contribution in [0.15, 0.2) is 6.07 Å². The fourth-order valence-corrected chi connectivity index (χ4v) is 3.27. The van der Waals surface area contributed by atoms with Crippen molar-refractivity contribution in [2.45, 2.75) is 38.1 Å². The molecule has 0 aromatic carbocycles. The number of aromatic nitrogens is 3. The van der Waals surface area contributed by atoms with Crippen LogP contribution in [0, 0.1) is 6.92 Å². The number of aryl methyl sites for hydroxylation is 2. The molecule has 1 saturated heterocycles. The van der Waals surface area contributed by atoms with Gasteiger partial charge in [-0.1, -0.05) is 0 Å². The van der Waals surface area contributed by atoms with E-state index in [2.05, 4.69) is 5.10 Å². The fraction of sp³-hybridized carbons (Fsp3) is 0.562. The Bertz CT molecular complexity index is 761. The van der Waals surface area contributed by atoms with Crippen molar-refractivity contribution in [3.63, 3.8) is 0 Å². The molecule has 2 fully saturated rings. The van der Waals surface area contributed by atoms with E-state index in [1.165, 1.54) is 0 Å². The number of pyridine rings is 1. The summed E-state index contributed by atoms with van der Waals surface area (Å²) in [5.41, 5.74) is 3.30. The Morgan fingerprint density at radius 2 is 2.18 bits per heavy atom. The van der Waals surface area contributed by atoms with Crippen molar-refractivity contribution in [2.24, 2.45) is 7.05 Å². The third kappa shape index (κ3) is 1.94. The normalized spacial score (nSPS) is 21.2. The highest BCUT2D eigenvalue weighted by Gasteiger charge is 2.35. The highest BCUT2D eigenvalue weighted by atomic mass is 16.3. The van der Waals surface area contributed by atoms with Crippen LogP contribution in [0.5, 0.6) is 0 Å². The Balaban J connectivity index is 1.86. The van der Waals surface area contributed by atoms with Gasteiger partial charge in [0.15, 0.2) is 5.65 Å². The smallest absolute Gasteiger partial charge is 0.255 e. The third-order valence-electron chi connectivity index (χ3n) is 4.83. The molecule has 3 heterocycles. The van der Waals surface area contributed by atoms with Gasteiger partial charge >= 0.3 is 0 Å². The molecule has 116 valence electrons. The summed E-state index contributed by atoms with van der Waals surface area (Å²) < 4.78 is 1.76. The van der Waals surface area contributed by atoms with E-state index in [0.717, 1.165) is 41.7 Å². The van der Waals surface area contributed by atoms with E-state index in [-0.39, 0.29) is 18.6 Å². The average molecular weight is 300 g/mol. The lowest BCUT2D eigenvalue weighted by molar-refractivity contribution is 0.0297. The maximum Gasteiger partial charge on any atom is 0.255 e. The molecular weight excluding hydrogens is 280 g/mol. The van der Waals surface area contributed by atoms with Crippen LogP contribution in [0.3, 0.4) is 0 Å². The van der Waals surface area contributed by atoms with E-state index in [9.17, 15) is 9.90 Å². The van der Waals surface area contributed by atoms with Gasteiger partial charge in [0, 0.05) is 25.2 Å². The van der Waals surface area contributed by atoms with Gasteiger partial charge in [-0.15, -0.1) is 0 Å². The first kappa shape index (κ1) is 13.7. The number of hydrogen-bond donors (Lipinski definition) is 1. The third-order valence-corrected chi connectivity index (χ3v) is 4.83. The Morgan fingerprint density at radius 3 is 2.77 bits per heavy atom. The summed E-state index contributed by atoms with van der Waals surface area (Å²) in [5, 5.41) is 14.6. The number of likely N-dealkylation sites (tertiary alicyclic amines) is 1. The molecule has 0 spiro atoms. The molecule has 1 aliphatic carbocycles. The summed E-state index contributed by atoms with van der Waals surface area (Å²) in [6.07, 6.45) is 3.16. The van der Waals surface area contributed by atoms with Crippen molar-refractivity contribution in [2.75, 3.05) is 13.2 Å². The van der Waals surface area contributed by atoms with Crippen LogP contribution in [0.25, 0.3) is 11.0 Å². The molecule has 1 atom stereocenters. The molecule has 22 heavy (non-hydrogen) atoms. The first-order valence-corrected chi connectivity index (χ1v) is 7.86. The zero-order valence-electron chi connectivity index (χ0n) is 12.9. The summed E-state index contributed by atoms with van der Waals surface area (Å²) >= 11 is 0. The Labute approximate surface area is 128 Å². The molecule has 2 aliphatic rings. The topological polar surface area (TPSA) is 71.2 Å². The molecule has 0 bridgehead atoms. The van der Waals surface area contributed by atoms with Crippen molar-refractivity contribution in [1.29, 1.82) is 0 Å². The SMILES string of the molecule is Cc1nn(C)c2nc(C3CC3)cc(C(=O)N3CCC3CO)c12. The predicted octanol–water partition coefficient (Wildman–Crippen LogP) is 1.36. The monoisotopic (exact) mass is 300 g/mol. The summed E-state index contributed by atoms with van der Waals surface area (Å²) in [7, 11) is 1.87. The van der Waals surface area contributed by atoms with Crippen LogP contribution in [-0.4, -0.2) is 49.9 Å². The number of carbonyl (C=O) groups is 1. The first-order valence-electron chi connectivity index (χ1n) is 7.86. The highest BCUT2D eigenvalue weighted by Crippen LogP contribution is 2.40. The number of nitrogens with zero attached hydrogens (tertiary/aromatic N) is 4. The van der Waals surface area contributed by atoms with Crippen molar-refractivity contribution in [3.05, 3.63) is 23.0 Å².